The van der Waals surface area contributed by atoms with Gasteiger partial charge in [-0.15, -0.1) is 0 Å². The van der Waals surface area contributed by atoms with Gasteiger partial charge in [0, 0.05) is 24.3 Å². The molecule has 1 atom stereocenters. The van der Waals surface area contributed by atoms with Crippen LogP contribution in [0.2, 0.25) is 0 Å². The zero-order valence-corrected chi connectivity index (χ0v) is 10.6. The van der Waals surface area contributed by atoms with Crippen molar-refractivity contribution in [2.24, 2.45) is 0 Å². The van der Waals surface area contributed by atoms with E-state index in [2.05, 4.69) is 23.0 Å². The standard InChI is InChI=1S/C15H18N2O/c1-17-9-3-7-15(18,11-17)14-5-2-4-12-6-8-16-10-13(12)14/h2,4-6,8,10,18H,3,7,9,11H2,1H3. The van der Waals surface area contributed by atoms with Crippen molar-refractivity contribution >= 4 is 10.8 Å². The molecule has 0 spiro atoms. The largest absolute Gasteiger partial charge is 0.384 e. The van der Waals surface area contributed by atoms with E-state index in [4.69, 9.17) is 0 Å². The van der Waals surface area contributed by atoms with Crippen LogP contribution < -0.4 is 0 Å². The summed E-state index contributed by atoms with van der Waals surface area (Å²) < 4.78 is 0. The highest BCUT2D eigenvalue weighted by Crippen LogP contribution is 2.34. The van der Waals surface area contributed by atoms with Gasteiger partial charge in [-0.2, -0.15) is 0 Å². The van der Waals surface area contributed by atoms with Crippen LogP contribution in [0.5, 0.6) is 0 Å². The topological polar surface area (TPSA) is 36.4 Å². The zero-order chi connectivity index (χ0) is 12.6. The molecule has 0 amide bonds. The number of likely N-dealkylation sites (N-methyl/N-ethyl adjacent to an activating group) is 1. The van der Waals surface area contributed by atoms with Crippen LogP contribution in [0.1, 0.15) is 18.4 Å². The van der Waals surface area contributed by atoms with Crippen molar-refractivity contribution in [2.45, 2.75) is 18.4 Å². The monoisotopic (exact) mass is 242 g/mol. The highest BCUT2D eigenvalue weighted by Gasteiger charge is 2.34. The maximum atomic E-state index is 10.9. The summed E-state index contributed by atoms with van der Waals surface area (Å²) in [6.07, 6.45) is 5.51. The Bertz CT molecular complexity index is 564. The molecule has 1 N–H and O–H groups in total. The zero-order valence-electron chi connectivity index (χ0n) is 10.6. The summed E-state index contributed by atoms with van der Waals surface area (Å²) in [5.41, 5.74) is 0.273. The summed E-state index contributed by atoms with van der Waals surface area (Å²) in [6.45, 7) is 1.76. The number of nitrogens with zero attached hydrogens (tertiary/aromatic N) is 2. The van der Waals surface area contributed by atoms with Crippen LogP contribution in [0.3, 0.4) is 0 Å². The summed E-state index contributed by atoms with van der Waals surface area (Å²) in [7, 11) is 2.06. The third-order valence-corrected chi connectivity index (χ3v) is 3.85. The Hall–Kier alpha value is -1.45. The molecule has 1 aromatic heterocycles. The van der Waals surface area contributed by atoms with E-state index in [1.807, 2.05) is 24.4 Å². The van der Waals surface area contributed by atoms with Crippen LogP contribution in [0.25, 0.3) is 10.8 Å². The van der Waals surface area contributed by atoms with E-state index in [9.17, 15) is 5.11 Å². The quantitative estimate of drug-likeness (QED) is 0.832. The van der Waals surface area contributed by atoms with E-state index < -0.39 is 5.60 Å². The predicted molar refractivity (Wildman–Crippen MR) is 72.4 cm³/mol. The first kappa shape index (κ1) is 11.6. The molecular formula is C15H18N2O. The van der Waals surface area contributed by atoms with Crippen LogP contribution in [0, 0.1) is 0 Å². The van der Waals surface area contributed by atoms with Crippen LogP contribution in [-0.2, 0) is 5.60 Å². The fourth-order valence-electron chi connectivity index (χ4n) is 2.99. The van der Waals surface area contributed by atoms with Crippen LogP contribution in [0.15, 0.2) is 36.7 Å². The van der Waals surface area contributed by atoms with Crippen molar-refractivity contribution in [3.63, 3.8) is 0 Å². The van der Waals surface area contributed by atoms with Gasteiger partial charge in [-0.1, -0.05) is 18.2 Å². The lowest BCUT2D eigenvalue weighted by molar-refractivity contribution is -0.0265. The molecule has 3 nitrogen and oxygen atoms in total. The molecule has 94 valence electrons. The number of aromatic nitrogens is 1. The van der Waals surface area contributed by atoms with E-state index in [1.54, 1.807) is 6.20 Å². The Morgan fingerprint density at radius 2 is 2.22 bits per heavy atom. The van der Waals surface area contributed by atoms with Gasteiger partial charge in [0.15, 0.2) is 0 Å². The van der Waals surface area contributed by atoms with Crippen molar-refractivity contribution in [3.8, 4) is 0 Å². The van der Waals surface area contributed by atoms with Gasteiger partial charge in [0.2, 0.25) is 0 Å². The van der Waals surface area contributed by atoms with Gasteiger partial charge in [-0.3, -0.25) is 4.98 Å². The molecule has 1 aliphatic heterocycles. The molecule has 3 heteroatoms. The maximum Gasteiger partial charge on any atom is 0.103 e. The van der Waals surface area contributed by atoms with E-state index in [0.717, 1.165) is 35.7 Å². The van der Waals surface area contributed by atoms with Crippen LogP contribution >= 0.6 is 0 Å². The van der Waals surface area contributed by atoms with Gasteiger partial charge in [0.05, 0.1) is 0 Å². The molecule has 0 aliphatic carbocycles. The molecule has 18 heavy (non-hydrogen) atoms. The van der Waals surface area contributed by atoms with Crippen molar-refractivity contribution in [3.05, 3.63) is 42.2 Å². The first-order chi connectivity index (χ1) is 8.69. The van der Waals surface area contributed by atoms with Gasteiger partial charge >= 0.3 is 0 Å². The molecule has 1 saturated heterocycles. The Kier molecular flexibility index (Phi) is 2.80. The van der Waals surface area contributed by atoms with Crippen LogP contribution in [0.4, 0.5) is 0 Å². The second-order valence-corrected chi connectivity index (χ2v) is 5.28. The number of piperidine rings is 1. The predicted octanol–water partition coefficient (Wildman–Crippen LogP) is 2.15. The number of fused-ring (bicyclic) bond motifs is 1. The minimum Gasteiger partial charge on any atom is -0.384 e. The number of hydrogen-bond donors (Lipinski definition) is 1. The highest BCUT2D eigenvalue weighted by molar-refractivity contribution is 5.85. The number of aliphatic hydroxyl groups is 1. The first-order valence-corrected chi connectivity index (χ1v) is 6.43. The first-order valence-electron chi connectivity index (χ1n) is 6.43. The lowest BCUT2D eigenvalue weighted by atomic mass is 9.83. The normalized spacial score (nSPS) is 25.4. The Morgan fingerprint density at radius 1 is 1.33 bits per heavy atom. The van der Waals surface area contributed by atoms with Gasteiger partial charge in [-0.05, 0) is 43.5 Å². The number of hydrogen-bond acceptors (Lipinski definition) is 3. The molecule has 2 heterocycles. The fourth-order valence-corrected chi connectivity index (χ4v) is 2.99. The summed E-state index contributed by atoms with van der Waals surface area (Å²) in [5, 5.41) is 13.2. The Morgan fingerprint density at radius 3 is 3.06 bits per heavy atom. The molecule has 1 fully saturated rings. The van der Waals surface area contributed by atoms with E-state index >= 15 is 0 Å². The molecule has 0 saturated carbocycles. The average Bonchev–Trinajstić information content (AvgIpc) is 2.38. The number of likely N-dealkylation sites (tertiary alicyclic amines) is 1. The number of β-amino-alcohol motifs (C(OH)–C–C–N with tert-alkyl or cyclic N) is 1. The second-order valence-electron chi connectivity index (χ2n) is 5.28. The summed E-state index contributed by atoms with van der Waals surface area (Å²) >= 11 is 0. The lowest BCUT2D eigenvalue weighted by Gasteiger charge is -2.38. The lowest BCUT2D eigenvalue weighted by Crippen LogP contribution is -2.44. The number of rotatable bonds is 1. The van der Waals surface area contributed by atoms with Gasteiger partial charge < -0.3 is 10.0 Å². The van der Waals surface area contributed by atoms with Crippen molar-refractivity contribution < 1.29 is 5.11 Å². The molecule has 0 bridgehead atoms. The molecule has 1 aliphatic rings. The molecule has 0 radical (unpaired) electrons. The Labute approximate surface area is 107 Å². The molecule has 1 unspecified atom stereocenters. The van der Waals surface area contributed by atoms with Crippen molar-refractivity contribution in [1.29, 1.82) is 0 Å². The summed E-state index contributed by atoms with van der Waals surface area (Å²) in [5.74, 6) is 0. The van der Waals surface area contributed by atoms with Crippen molar-refractivity contribution in [1.82, 2.24) is 9.88 Å². The molecule has 2 aromatic rings. The highest BCUT2D eigenvalue weighted by atomic mass is 16.3. The van der Waals surface area contributed by atoms with Gasteiger partial charge in [0.1, 0.15) is 5.60 Å². The maximum absolute atomic E-state index is 10.9. The third-order valence-electron chi connectivity index (χ3n) is 3.85. The number of pyridine rings is 1. The van der Waals surface area contributed by atoms with E-state index in [0.29, 0.717) is 6.54 Å². The summed E-state index contributed by atoms with van der Waals surface area (Å²) in [4.78, 5) is 6.39. The number of benzene rings is 1. The molecule has 1 aromatic carbocycles. The Balaban J connectivity index is 2.13. The van der Waals surface area contributed by atoms with E-state index in [-0.39, 0.29) is 0 Å². The van der Waals surface area contributed by atoms with Gasteiger partial charge in [-0.25, -0.2) is 0 Å². The van der Waals surface area contributed by atoms with E-state index in [1.165, 1.54) is 0 Å². The SMILES string of the molecule is CN1CCCC(O)(c2cccc3ccncc23)C1. The third kappa shape index (κ3) is 1.89. The minimum absolute atomic E-state index is 0.695. The smallest absolute Gasteiger partial charge is 0.103 e. The fraction of sp³-hybridized carbons (Fsp3) is 0.400. The van der Waals surface area contributed by atoms with Crippen molar-refractivity contribution in [2.75, 3.05) is 20.1 Å². The minimum atomic E-state index is -0.741. The average molecular weight is 242 g/mol. The summed E-state index contributed by atoms with van der Waals surface area (Å²) in [6, 6.07) is 8.11. The van der Waals surface area contributed by atoms with Gasteiger partial charge in [0.25, 0.3) is 0 Å². The molecule has 3 rings (SSSR count). The van der Waals surface area contributed by atoms with Crippen LogP contribution in [-0.4, -0.2) is 35.1 Å². The molecular weight excluding hydrogens is 224 g/mol. The second kappa shape index (κ2) is 4.34.